The van der Waals surface area contributed by atoms with Crippen LogP contribution in [0.2, 0.25) is 0 Å². The molecule has 0 aliphatic rings. The average Bonchev–Trinajstić information content (AvgIpc) is 3.12. The predicted octanol–water partition coefficient (Wildman–Crippen LogP) is 7.79. The molecule has 0 radical (unpaired) electrons. The van der Waals surface area contributed by atoms with Crippen LogP contribution in [0.25, 0.3) is 0 Å². The molecule has 1 N–H and O–H groups in total. The van der Waals surface area contributed by atoms with Gasteiger partial charge in [0.15, 0.2) is 34.5 Å². The Morgan fingerprint density at radius 3 is 1.28 bits per heavy atom. The Hall–Kier alpha value is -5.14. The van der Waals surface area contributed by atoms with E-state index in [0.29, 0.717) is 47.7 Å². The average molecular weight is 621 g/mol. The van der Waals surface area contributed by atoms with Crippen LogP contribution < -0.4 is 28.4 Å². The molecular formula is C39H40O7. The number of rotatable bonds is 15. The zero-order valence-corrected chi connectivity index (χ0v) is 26.6. The van der Waals surface area contributed by atoms with Crippen molar-refractivity contribution in [3.63, 3.8) is 0 Å². The first-order valence-electron chi connectivity index (χ1n) is 15.1. The lowest BCUT2D eigenvalue weighted by atomic mass is 9.77. The number of aliphatic hydroxyl groups excluding tert-OH is 1. The van der Waals surface area contributed by atoms with E-state index in [1.54, 1.807) is 28.4 Å². The number of methoxy groups -OCH3 is 4. The molecule has 5 aromatic carbocycles. The number of ether oxygens (including phenoxy) is 6. The third-order valence-corrected chi connectivity index (χ3v) is 8.00. The van der Waals surface area contributed by atoms with Crippen molar-refractivity contribution in [2.45, 2.75) is 25.0 Å². The van der Waals surface area contributed by atoms with Crippen LogP contribution in [-0.4, -0.2) is 40.2 Å². The summed E-state index contributed by atoms with van der Waals surface area (Å²) in [5.41, 5.74) is 4.86. The van der Waals surface area contributed by atoms with Gasteiger partial charge >= 0.3 is 0 Å². The Morgan fingerprint density at radius 1 is 0.457 bits per heavy atom. The van der Waals surface area contributed by atoms with Gasteiger partial charge in [0.25, 0.3) is 0 Å². The van der Waals surface area contributed by atoms with Crippen LogP contribution in [0.5, 0.6) is 34.5 Å². The van der Waals surface area contributed by atoms with Gasteiger partial charge in [-0.1, -0.05) is 78.9 Å². The van der Waals surface area contributed by atoms with Crippen LogP contribution in [0, 0.1) is 0 Å². The summed E-state index contributed by atoms with van der Waals surface area (Å²) in [4.78, 5) is 0. The van der Waals surface area contributed by atoms with Crippen LogP contribution in [0.15, 0.2) is 115 Å². The van der Waals surface area contributed by atoms with E-state index in [-0.39, 0.29) is 18.4 Å². The Morgan fingerprint density at radius 2 is 0.848 bits per heavy atom. The van der Waals surface area contributed by atoms with E-state index in [2.05, 4.69) is 0 Å². The van der Waals surface area contributed by atoms with E-state index >= 15 is 0 Å². The van der Waals surface area contributed by atoms with E-state index in [9.17, 15) is 5.11 Å². The van der Waals surface area contributed by atoms with E-state index in [4.69, 9.17) is 28.4 Å². The van der Waals surface area contributed by atoms with E-state index in [0.717, 1.165) is 27.8 Å². The van der Waals surface area contributed by atoms with Gasteiger partial charge in [-0.3, -0.25) is 0 Å². The van der Waals surface area contributed by atoms with Crippen LogP contribution >= 0.6 is 0 Å². The molecule has 1 unspecified atom stereocenters. The van der Waals surface area contributed by atoms with Gasteiger partial charge in [-0.25, -0.2) is 0 Å². The van der Waals surface area contributed by atoms with Gasteiger partial charge in [0.1, 0.15) is 13.2 Å². The van der Waals surface area contributed by atoms with Gasteiger partial charge in [0, 0.05) is 11.8 Å². The molecule has 7 nitrogen and oxygen atoms in total. The van der Waals surface area contributed by atoms with Crippen molar-refractivity contribution < 1.29 is 33.5 Å². The van der Waals surface area contributed by atoms with Crippen LogP contribution in [0.3, 0.4) is 0 Å². The lowest BCUT2D eigenvalue weighted by Crippen LogP contribution is -2.17. The third-order valence-electron chi connectivity index (χ3n) is 8.00. The van der Waals surface area contributed by atoms with Crippen molar-refractivity contribution in [3.8, 4) is 34.5 Å². The number of aliphatic hydroxyl groups is 1. The van der Waals surface area contributed by atoms with Crippen molar-refractivity contribution in [1.82, 2.24) is 0 Å². The highest BCUT2D eigenvalue weighted by Gasteiger charge is 2.29. The molecule has 46 heavy (non-hydrogen) atoms. The SMILES string of the molecule is COc1ccc(C(CO)C(c2ccc(OCc3ccccc3)c(OC)c2)c2ccc(OCc3ccccc3)c(OC)c2)cc1OC. The van der Waals surface area contributed by atoms with Gasteiger partial charge in [0.2, 0.25) is 0 Å². The Labute approximate surface area is 270 Å². The molecule has 5 aromatic rings. The normalized spacial score (nSPS) is 11.5. The minimum atomic E-state index is -0.360. The lowest BCUT2D eigenvalue weighted by Gasteiger charge is -2.29. The number of hydrogen-bond acceptors (Lipinski definition) is 7. The molecule has 1 atom stereocenters. The zero-order valence-electron chi connectivity index (χ0n) is 26.6. The fourth-order valence-corrected chi connectivity index (χ4v) is 5.61. The van der Waals surface area contributed by atoms with Gasteiger partial charge in [-0.15, -0.1) is 0 Å². The first-order valence-corrected chi connectivity index (χ1v) is 15.1. The second-order valence-electron chi connectivity index (χ2n) is 10.8. The predicted molar refractivity (Wildman–Crippen MR) is 179 cm³/mol. The van der Waals surface area contributed by atoms with Crippen molar-refractivity contribution >= 4 is 0 Å². The summed E-state index contributed by atoms with van der Waals surface area (Å²) >= 11 is 0. The molecule has 0 aliphatic heterocycles. The van der Waals surface area contributed by atoms with Crippen molar-refractivity contribution in [3.05, 3.63) is 143 Å². The fourth-order valence-electron chi connectivity index (χ4n) is 5.61. The minimum Gasteiger partial charge on any atom is -0.493 e. The Bertz CT molecular complexity index is 1590. The molecule has 0 heterocycles. The maximum atomic E-state index is 11.0. The molecule has 0 amide bonds. The molecule has 0 bridgehead atoms. The molecule has 5 rings (SSSR count). The lowest BCUT2D eigenvalue weighted by molar-refractivity contribution is 0.253. The molecule has 0 aromatic heterocycles. The van der Waals surface area contributed by atoms with Gasteiger partial charge < -0.3 is 33.5 Å². The van der Waals surface area contributed by atoms with Gasteiger partial charge in [-0.2, -0.15) is 0 Å². The second-order valence-corrected chi connectivity index (χ2v) is 10.8. The van der Waals surface area contributed by atoms with Gasteiger partial charge in [0.05, 0.1) is 35.0 Å². The molecule has 0 fully saturated rings. The highest BCUT2D eigenvalue weighted by atomic mass is 16.5. The van der Waals surface area contributed by atoms with Crippen LogP contribution in [0.1, 0.15) is 39.7 Å². The summed E-state index contributed by atoms with van der Waals surface area (Å²) in [5, 5.41) is 11.0. The summed E-state index contributed by atoms with van der Waals surface area (Å²) in [7, 11) is 6.46. The first kappa shape index (κ1) is 32.3. The maximum Gasteiger partial charge on any atom is 0.161 e. The maximum absolute atomic E-state index is 11.0. The van der Waals surface area contributed by atoms with E-state index in [1.807, 2.05) is 115 Å². The second kappa shape index (κ2) is 15.7. The Balaban J connectivity index is 1.54. The van der Waals surface area contributed by atoms with E-state index in [1.165, 1.54) is 0 Å². The summed E-state index contributed by atoms with van der Waals surface area (Å²) in [6.07, 6.45) is 0. The van der Waals surface area contributed by atoms with Crippen LogP contribution in [-0.2, 0) is 13.2 Å². The molecular weight excluding hydrogens is 580 g/mol. The highest BCUT2D eigenvalue weighted by molar-refractivity contribution is 5.52. The van der Waals surface area contributed by atoms with Crippen molar-refractivity contribution in [2.75, 3.05) is 35.0 Å². The summed E-state index contributed by atoms with van der Waals surface area (Å²) in [6.45, 7) is 0.683. The first-order chi connectivity index (χ1) is 22.6. The smallest absolute Gasteiger partial charge is 0.161 e. The monoisotopic (exact) mass is 620 g/mol. The number of benzene rings is 5. The molecule has 0 aliphatic carbocycles. The summed E-state index contributed by atoms with van der Waals surface area (Å²) in [6, 6.07) is 37.5. The van der Waals surface area contributed by atoms with Crippen molar-refractivity contribution in [1.29, 1.82) is 0 Å². The Kier molecular flexibility index (Phi) is 11.0. The highest BCUT2D eigenvalue weighted by Crippen LogP contribution is 2.45. The zero-order chi connectivity index (χ0) is 32.3. The summed E-state index contributed by atoms with van der Waals surface area (Å²) in [5.74, 6) is 2.97. The topological polar surface area (TPSA) is 75.6 Å². The summed E-state index contributed by atoms with van der Waals surface area (Å²) < 4.78 is 35.0. The fraction of sp³-hybridized carbons (Fsp3) is 0.231. The number of hydrogen-bond donors (Lipinski definition) is 1. The molecule has 7 heteroatoms. The quantitative estimate of drug-likeness (QED) is 0.128. The molecule has 0 saturated heterocycles. The van der Waals surface area contributed by atoms with Crippen molar-refractivity contribution in [2.24, 2.45) is 0 Å². The van der Waals surface area contributed by atoms with E-state index < -0.39 is 0 Å². The molecule has 0 spiro atoms. The van der Waals surface area contributed by atoms with Crippen LogP contribution in [0.4, 0.5) is 0 Å². The standard InChI is InChI=1S/C39H40O7/c1-41-33-18-15-29(21-36(33)42-2)32(24-40)39(30-16-19-34(37(22-30)43-3)45-25-27-11-7-5-8-12-27)31-17-20-35(38(23-31)44-4)46-26-28-13-9-6-10-14-28/h5-23,32,39-40H,24-26H2,1-4H3. The minimum absolute atomic E-state index is 0.136. The molecule has 238 valence electrons. The van der Waals surface area contributed by atoms with Gasteiger partial charge in [-0.05, 0) is 64.2 Å². The molecule has 0 saturated carbocycles. The largest absolute Gasteiger partial charge is 0.493 e. The third kappa shape index (κ3) is 7.56.